The van der Waals surface area contributed by atoms with Crippen molar-refractivity contribution < 1.29 is 23.2 Å². The first-order valence-electron chi connectivity index (χ1n) is 11.8. The Balaban J connectivity index is 1.52. The van der Waals surface area contributed by atoms with Crippen LogP contribution >= 0.6 is 0 Å². The molecule has 0 spiro atoms. The van der Waals surface area contributed by atoms with Crippen molar-refractivity contribution in [2.24, 2.45) is 4.36 Å². The van der Waals surface area contributed by atoms with Gasteiger partial charge in [0.2, 0.25) is 11.8 Å². The molecule has 2 atom stereocenters. The van der Waals surface area contributed by atoms with Gasteiger partial charge >= 0.3 is 6.03 Å². The van der Waals surface area contributed by atoms with Crippen LogP contribution in [0.4, 0.5) is 10.5 Å². The summed E-state index contributed by atoms with van der Waals surface area (Å²) in [6, 6.07) is 1.27. The van der Waals surface area contributed by atoms with Crippen molar-refractivity contribution in [2.75, 3.05) is 39.2 Å². The molecule has 2 aromatic rings. The molecule has 0 saturated carbocycles. The van der Waals surface area contributed by atoms with Crippen molar-refractivity contribution >= 4 is 22.3 Å². The largest absolute Gasteiger partial charge is 0.481 e. The number of nitrogens with one attached hydrogen (secondary N) is 1. The normalized spacial score (nSPS) is 19.4. The van der Waals surface area contributed by atoms with Crippen LogP contribution in [0.5, 0.6) is 11.8 Å². The van der Waals surface area contributed by atoms with Gasteiger partial charge in [0.15, 0.2) is 0 Å². The van der Waals surface area contributed by atoms with E-state index < -0.39 is 16.6 Å². The number of hydrogen-bond acceptors (Lipinski definition) is 8. The number of ether oxygens (including phenoxy) is 3. The summed E-state index contributed by atoms with van der Waals surface area (Å²) in [5.74, 6) is 1.01. The van der Waals surface area contributed by atoms with Crippen molar-refractivity contribution in [3.8, 4) is 11.8 Å². The van der Waals surface area contributed by atoms with Crippen molar-refractivity contribution in [1.82, 2.24) is 19.7 Å². The average Bonchev–Trinajstić information content (AvgIpc) is 3.21. The first-order valence-corrected chi connectivity index (χ1v) is 13.0. The molecule has 4 heterocycles. The quantitative estimate of drug-likeness (QED) is 0.550. The number of anilines is 1. The number of aromatic nitrogens is 3. The van der Waals surface area contributed by atoms with Gasteiger partial charge in [-0.05, 0) is 17.4 Å². The molecule has 2 aliphatic rings. The molecule has 12 heteroatoms. The van der Waals surface area contributed by atoms with Crippen LogP contribution in [-0.4, -0.2) is 76.0 Å². The van der Waals surface area contributed by atoms with Crippen LogP contribution < -0.4 is 14.8 Å². The second-order valence-corrected chi connectivity index (χ2v) is 10.6. The minimum Gasteiger partial charge on any atom is -0.481 e. The first kappa shape index (κ1) is 25.4. The van der Waals surface area contributed by atoms with Crippen LogP contribution in [0.3, 0.4) is 0 Å². The fourth-order valence-corrected chi connectivity index (χ4v) is 5.10. The number of fused-ring (bicyclic) bond motifs is 1. The third-order valence-corrected chi connectivity index (χ3v) is 7.43. The molecule has 11 nitrogen and oxygen atoms in total. The summed E-state index contributed by atoms with van der Waals surface area (Å²) < 4.78 is 35.2. The zero-order chi connectivity index (χ0) is 25.3. The van der Waals surface area contributed by atoms with Crippen LogP contribution in [0.15, 0.2) is 21.5 Å². The third kappa shape index (κ3) is 5.29. The monoisotopic (exact) mass is 506 g/mol. The Hall–Kier alpha value is -2.70. The highest BCUT2D eigenvalue weighted by Crippen LogP contribution is 2.34. The van der Waals surface area contributed by atoms with Crippen molar-refractivity contribution in [3.05, 3.63) is 23.5 Å². The molecule has 1 N–H and O–H groups in total. The van der Waals surface area contributed by atoms with Crippen molar-refractivity contribution in [2.45, 2.75) is 63.1 Å². The van der Waals surface area contributed by atoms with E-state index in [0.29, 0.717) is 41.2 Å². The van der Waals surface area contributed by atoms with Gasteiger partial charge < -0.3 is 19.5 Å². The number of rotatable bonds is 7. The van der Waals surface area contributed by atoms with E-state index in [9.17, 15) is 9.00 Å². The summed E-state index contributed by atoms with van der Waals surface area (Å²) in [6.45, 7) is 10.8. The van der Waals surface area contributed by atoms with Crippen LogP contribution in [0.25, 0.3) is 0 Å². The van der Waals surface area contributed by atoms with Gasteiger partial charge in [0.1, 0.15) is 11.5 Å². The van der Waals surface area contributed by atoms with E-state index in [1.807, 2.05) is 27.7 Å². The van der Waals surface area contributed by atoms with Gasteiger partial charge in [0.25, 0.3) is 0 Å². The average molecular weight is 507 g/mol. The van der Waals surface area contributed by atoms with Gasteiger partial charge in [-0.15, -0.1) is 4.36 Å². The lowest BCUT2D eigenvalue weighted by atomic mass is 9.97. The number of nitrogens with zero attached hydrogens (tertiary/aromatic N) is 5. The Morgan fingerprint density at radius 3 is 2.60 bits per heavy atom. The predicted octanol–water partition coefficient (Wildman–Crippen LogP) is 2.88. The van der Waals surface area contributed by atoms with Gasteiger partial charge in [-0.2, -0.15) is 5.10 Å². The topological polar surface area (TPSA) is 120 Å². The van der Waals surface area contributed by atoms with E-state index in [0.717, 1.165) is 18.7 Å². The molecule has 35 heavy (non-hydrogen) atoms. The Kier molecular flexibility index (Phi) is 7.62. The smallest absolute Gasteiger partial charge is 0.353 e. The fourth-order valence-electron chi connectivity index (χ4n) is 4.28. The predicted molar refractivity (Wildman–Crippen MR) is 132 cm³/mol. The van der Waals surface area contributed by atoms with E-state index in [2.05, 4.69) is 24.7 Å². The van der Waals surface area contributed by atoms with E-state index in [4.69, 9.17) is 14.2 Å². The number of amides is 2. The molecular formula is C23H34N6O5S. The van der Waals surface area contributed by atoms with Crippen LogP contribution in [0.1, 0.15) is 50.8 Å². The van der Waals surface area contributed by atoms with Gasteiger partial charge in [0.05, 0.1) is 54.0 Å². The van der Waals surface area contributed by atoms with E-state index >= 15 is 0 Å². The number of thiol groups is 1. The summed E-state index contributed by atoms with van der Waals surface area (Å²) >= 11 is 0. The van der Waals surface area contributed by atoms with Gasteiger partial charge in [-0.1, -0.05) is 27.7 Å². The third-order valence-electron chi connectivity index (χ3n) is 6.35. The lowest BCUT2D eigenvalue weighted by Gasteiger charge is -2.44. The Bertz CT molecular complexity index is 1140. The first-order chi connectivity index (χ1) is 16.7. The molecule has 0 aromatic carbocycles. The molecule has 2 amide bonds. The molecule has 192 valence electrons. The molecule has 2 aromatic heterocycles. The minimum absolute atomic E-state index is 0.0290. The van der Waals surface area contributed by atoms with Gasteiger partial charge in [-0.3, -0.25) is 4.90 Å². The summed E-state index contributed by atoms with van der Waals surface area (Å²) in [5, 5.41) is 7.15. The summed E-state index contributed by atoms with van der Waals surface area (Å²) in [7, 11) is 0.874. The number of urea groups is 1. The highest BCUT2D eigenvalue weighted by Gasteiger charge is 2.36. The minimum atomic E-state index is -2.40. The SMILES string of the molecule is COc1cc(C(C)C)c(NC(=O)N=[SH](=O)c2cnn3c2OCC(N2CC(OC)C2)C3)c(C(C)C)n1. The highest BCUT2D eigenvalue weighted by molar-refractivity contribution is 7.75. The lowest BCUT2D eigenvalue weighted by Crippen LogP contribution is -2.59. The molecule has 2 unspecified atom stereocenters. The number of pyridine rings is 1. The molecule has 1 fully saturated rings. The van der Waals surface area contributed by atoms with Crippen LogP contribution in [0, 0.1) is 0 Å². The summed E-state index contributed by atoms with van der Waals surface area (Å²) in [6.07, 6.45) is 1.72. The van der Waals surface area contributed by atoms with E-state index in [1.165, 1.54) is 6.20 Å². The van der Waals surface area contributed by atoms with Gasteiger partial charge in [-0.25, -0.2) is 18.7 Å². The van der Waals surface area contributed by atoms with E-state index in [-0.39, 0.29) is 24.0 Å². The maximum atomic E-state index is 13.0. The highest BCUT2D eigenvalue weighted by atomic mass is 32.2. The number of carbonyl (C=O) groups is 1. The van der Waals surface area contributed by atoms with Gasteiger partial charge in [0, 0.05) is 26.3 Å². The van der Waals surface area contributed by atoms with E-state index in [1.54, 1.807) is 25.0 Å². The van der Waals surface area contributed by atoms with Crippen molar-refractivity contribution in [3.63, 3.8) is 0 Å². The number of hydrogen-bond donors (Lipinski definition) is 2. The molecule has 0 radical (unpaired) electrons. The Labute approximate surface area is 207 Å². The number of methoxy groups -OCH3 is 2. The standard InChI is InChI=1S/C23H34N6O5S/c1-13(2)17-7-19(33-6)25-20(14(3)4)21(17)26-23(30)27-35(31)18-8-24-29-9-15(12-34-22(18)29)28-10-16(11-28)32-5/h7-8,13-16,35H,9-12H2,1-6H3,(H,26,30). The molecule has 1 saturated heterocycles. The molecule has 2 aliphatic heterocycles. The summed E-state index contributed by atoms with van der Waals surface area (Å²) in [4.78, 5) is 19.9. The molecule has 0 aliphatic carbocycles. The van der Waals surface area contributed by atoms with Crippen molar-refractivity contribution in [1.29, 1.82) is 0 Å². The second kappa shape index (κ2) is 10.5. The number of likely N-dealkylation sites (tertiary alicyclic amines) is 1. The maximum absolute atomic E-state index is 13.0. The lowest BCUT2D eigenvalue weighted by molar-refractivity contribution is -0.0686. The molecular weight excluding hydrogens is 472 g/mol. The molecule has 4 rings (SSSR count). The zero-order valence-corrected chi connectivity index (χ0v) is 21.9. The molecule has 0 bridgehead atoms. The zero-order valence-electron chi connectivity index (χ0n) is 21.0. The fraction of sp³-hybridized carbons (Fsp3) is 0.609. The van der Waals surface area contributed by atoms with Crippen LogP contribution in [-0.2, 0) is 21.9 Å². The van der Waals surface area contributed by atoms with Crippen LogP contribution in [0.2, 0.25) is 0 Å². The Morgan fingerprint density at radius 1 is 1.23 bits per heavy atom. The Morgan fingerprint density at radius 2 is 1.97 bits per heavy atom. The summed E-state index contributed by atoms with van der Waals surface area (Å²) in [5.41, 5.74) is 2.14. The second-order valence-electron chi connectivity index (χ2n) is 9.42. The maximum Gasteiger partial charge on any atom is 0.353 e. The number of carbonyl (C=O) groups excluding carboxylic acids is 1.